The molecule has 3 aliphatic rings. The maximum Gasteiger partial charge on any atom is 0.553 e. The summed E-state index contributed by atoms with van der Waals surface area (Å²) in [5, 5.41) is 0. The number of hydrogen-bond acceptors (Lipinski definition) is 4. The van der Waals surface area contributed by atoms with Crippen molar-refractivity contribution in [3.63, 3.8) is 0 Å². The smallest absolute Gasteiger partial charge is 0.505 e. The molecule has 0 aromatic heterocycles. The number of fused-ring (bicyclic) bond motifs is 5. The first-order chi connectivity index (χ1) is 9.37. The average Bonchev–Trinajstić information content (AvgIpc) is 2.86. The summed E-state index contributed by atoms with van der Waals surface area (Å²) in [6, 6.07) is 15.4. The zero-order valence-corrected chi connectivity index (χ0v) is 10.9. The molecular weight excluding hydrogens is 260 g/mol. The highest BCUT2D eigenvalue weighted by Crippen LogP contribution is 2.53. The van der Waals surface area contributed by atoms with Gasteiger partial charge < -0.3 is 18.3 Å². The molecule has 1 fully saturated rings. The molecule has 1 spiro atoms. The quantitative estimate of drug-likeness (QED) is 0.688. The van der Waals surface area contributed by atoms with Crippen molar-refractivity contribution >= 4 is 8.56 Å². The van der Waals surface area contributed by atoms with Gasteiger partial charge in [-0.2, -0.15) is 0 Å². The fourth-order valence-corrected chi connectivity index (χ4v) is 5.94. The molecule has 0 aliphatic carbocycles. The van der Waals surface area contributed by atoms with Crippen LogP contribution in [0, 0.1) is 0 Å². The van der Waals surface area contributed by atoms with Gasteiger partial charge in [0.15, 0.2) is 11.5 Å². The van der Waals surface area contributed by atoms with Crippen LogP contribution in [0.5, 0.6) is 23.0 Å². The van der Waals surface area contributed by atoms with Gasteiger partial charge in [-0.1, -0.05) is 24.3 Å². The fourth-order valence-electron chi connectivity index (χ4n) is 2.71. The van der Waals surface area contributed by atoms with E-state index in [4.69, 9.17) is 18.3 Å². The number of benzene rings is 2. The molecule has 5 rings (SSSR count). The molecule has 2 unspecified atom stereocenters. The van der Waals surface area contributed by atoms with E-state index in [1.165, 1.54) is 0 Å². The SMILES string of the molecule is c1ccc2c(c1)OC1C(O2)[Si]12Oc1ccccc1O2. The lowest BCUT2D eigenvalue weighted by atomic mass is 10.3. The van der Waals surface area contributed by atoms with E-state index in [9.17, 15) is 0 Å². The minimum absolute atomic E-state index is 0.0743. The van der Waals surface area contributed by atoms with Gasteiger partial charge >= 0.3 is 8.56 Å². The molecule has 3 aliphatic heterocycles. The van der Waals surface area contributed by atoms with E-state index in [-0.39, 0.29) is 11.5 Å². The van der Waals surface area contributed by atoms with Crippen molar-refractivity contribution in [1.29, 1.82) is 0 Å². The Morgan fingerprint density at radius 3 is 1.53 bits per heavy atom. The van der Waals surface area contributed by atoms with Crippen molar-refractivity contribution in [3.05, 3.63) is 48.5 Å². The lowest BCUT2D eigenvalue weighted by molar-refractivity contribution is 0.166. The van der Waals surface area contributed by atoms with E-state index in [1.807, 2.05) is 48.5 Å². The van der Waals surface area contributed by atoms with Gasteiger partial charge in [-0.15, -0.1) is 0 Å². The van der Waals surface area contributed by atoms with E-state index in [1.54, 1.807) is 0 Å². The Kier molecular flexibility index (Phi) is 1.57. The van der Waals surface area contributed by atoms with E-state index in [0.29, 0.717) is 0 Å². The summed E-state index contributed by atoms with van der Waals surface area (Å²) < 4.78 is 24.0. The second-order valence-electron chi connectivity index (χ2n) is 4.90. The molecule has 4 nitrogen and oxygen atoms in total. The Hall–Kier alpha value is -2.14. The summed E-state index contributed by atoms with van der Waals surface area (Å²) in [4.78, 5) is 0. The van der Waals surface area contributed by atoms with Crippen molar-refractivity contribution in [1.82, 2.24) is 0 Å². The molecule has 19 heavy (non-hydrogen) atoms. The maximum atomic E-state index is 6.05. The second-order valence-corrected chi connectivity index (χ2v) is 7.89. The number of hydrogen-bond donors (Lipinski definition) is 0. The standard InChI is InChI=1S/C14H10O4Si/c1-2-6-10-9(5-1)15-13-14(16-10)19(13)17-11-7-3-4-8-12(11)18-19/h1-8,13-14H. The Morgan fingerprint density at radius 1 is 0.632 bits per heavy atom. The van der Waals surface area contributed by atoms with Gasteiger partial charge in [0.1, 0.15) is 11.5 Å². The van der Waals surface area contributed by atoms with Crippen molar-refractivity contribution in [2.24, 2.45) is 0 Å². The summed E-state index contributed by atoms with van der Waals surface area (Å²) in [5.41, 5.74) is -0.149. The molecule has 0 N–H and O–H groups in total. The molecule has 2 atom stereocenters. The lowest BCUT2D eigenvalue weighted by Gasteiger charge is -2.14. The van der Waals surface area contributed by atoms with Gasteiger partial charge in [-0.05, 0) is 24.3 Å². The zero-order chi connectivity index (χ0) is 12.4. The highest BCUT2D eigenvalue weighted by molar-refractivity contribution is 6.83. The van der Waals surface area contributed by atoms with Gasteiger partial charge in [0.2, 0.25) is 11.5 Å². The molecule has 0 saturated carbocycles. The van der Waals surface area contributed by atoms with Crippen molar-refractivity contribution in [3.8, 4) is 23.0 Å². The first-order valence-electron chi connectivity index (χ1n) is 6.26. The molecule has 0 radical (unpaired) electrons. The van der Waals surface area contributed by atoms with Crippen LogP contribution in [0.4, 0.5) is 0 Å². The van der Waals surface area contributed by atoms with Crippen molar-refractivity contribution < 1.29 is 18.3 Å². The molecule has 94 valence electrons. The summed E-state index contributed by atoms with van der Waals surface area (Å²) in [6.07, 6.45) is 0. The normalized spacial score (nSPS) is 26.9. The van der Waals surface area contributed by atoms with Crippen LogP contribution in [0.15, 0.2) is 48.5 Å². The molecule has 0 bridgehead atoms. The van der Waals surface area contributed by atoms with Gasteiger partial charge in [-0.25, -0.2) is 0 Å². The van der Waals surface area contributed by atoms with Gasteiger partial charge in [-0.3, -0.25) is 0 Å². The number of ether oxygens (including phenoxy) is 2. The predicted octanol–water partition coefficient (Wildman–Crippen LogP) is 2.20. The largest absolute Gasteiger partial charge is 0.553 e. The van der Waals surface area contributed by atoms with Crippen molar-refractivity contribution in [2.45, 2.75) is 11.5 Å². The Balaban J connectivity index is 1.51. The van der Waals surface area contributed by atoms with Crippen LogP contribution in [0.25, 0.3) is 0 Å². The Bertz CT molecular complexity index is 629. The third kappa shape index (κ3) is 1.13. The first kappa shape index (κ1) is 9.74. The highest BCUT2D eigenvalue weighted by Gasteiger charge is 2.86. The summed E-state index contributed by atoms with van der Waals surface area (Å²) >= 11 is 0. The maximum absolute atomic E-state index is 6.05. The topological polar surface area (TPSA) is 36.9 Å². The van der Waals surface area contributed by atoms with Crippen molar-refractivity contribution in [2.75, 3.05) is 0 Å². The molecule has 2 aromatic rings. The molecule has 5 heteroatoms. The molecule has 2 aromatic carbocycles. The van der Waals surface area contributed by atoms with E-state index in [0.717, 1.165) is 23.0 Å². The van der Waals surface area contributed by atoms with Crippen LogP contribution in [-0.4, -0.2) is 20.0 Å². The fraction of sp³-hybridized carbons (Fsp3) is 0.143. The summed E-state index contributed by atoms with van der Waals surface area (Å²) in [6.45, 7) is 0. The molecule has 3 heterocycles. The molecule has 0 amide bonds. The monoisotopic (exact) mass is 270 g/mol. The third-order valence-corrected chi connectivity index (χ3v) is 6.82. The molecule has 1 saturated heterocycles. The van der Waals surface area contributed by atoms with E-state index < -0.39 is 8.56 Å². The van der Waals surface area contributed by atoms with Gasteiger partial charge in [0.05, 0.1) is 0 Å². The van der Waals surface area contributed by atoms with Crippen LogP contribution >= 0.6 is 0 Å². The number of para-hydroxylation sites is 4. The second kappa shape index (κ2) is 3.05. The lowest BCUT2D eigenvalue weighted by Crippen LogP contribution is -2.37. The van der Waals surface area contributed by atoms with Gasteiger partial charge in [0.25, 0.3) is 0 Å². The third-order valence-electron chi connectivity index (χ3n) is 3.70. The minimum atomic E-state index is -2.43. The highest BCUT2D eigenvalue weighted by atomic mass is 28.4. The van der Waals surface area contributed by atoms with E-state index in [2.05, 4.69) is 0 Å². The van der Waals surface area contributed by atoms with Gasteiger partial charge in [0, 0.05) is 0 Å². The van der Waals surface area contributed by atoms with Crippen LogP contribution in [0.3, 0.4) is 0 Å². The molecular formula is C14H10O4Si. The first-order valence-corrected chi connectivity index (χ1v) is 8.23. The Labute approximate surface area is 110 Å². The Morgan fingerprint density at radius 2 is 1.05 bits per heavy atom. The summed E-state index contributed by atoms with van der Waals surface area (Å²) in [7, 11) is -2.43. The minimum Gasteiger partial charge on any atom is -0.505 e. The predicted molar refractivity (Wildman–Crippen MR) is 68.7 cm³/mol. The van der Waals surface area contributed by atoms with Crippen LogP contribution in [0.2, 0.25) is 0 Å². The van der Waals surface area contributed by atoms with E-state index >= 15 is 0 Å². The zero-order valence-electron chi connectivity index (χ0n) is 9.91. The van der Waals surface area contributed by atoms with Crippen LogP contribution in [0.1, 0.15) is 0 Å². The average molecular weight is 270 g/mol. The summed E-state index contributed by atoms with van der Waals surface area (Å²) in [5.74, 6) is 3.16. The van der Waals surface area contributed by atoms with Crippen LogP contribution in [-0.2, 0) is 0 Å². The van der Waals surface area contributed by atoms with Crippen LogP contribution < -0.4 is 18.3 Å². The number of rotatable bonds is 0.